The van der Waals surface area contributed by atoms with E-state index < -0.39 is 24.8 Å². The van der Waals surface area contributed by atoms with E-state index >= 15 is 0 Å². The van der Waals surface area contributed by atoms with E-state index in [1.54, 1.807) is 0 Å². The van der Waals surface area contributed by atoms with Crippen molar-refractivity contribution in [3.63, 3.8) is 0 Å². The number of halogens is 4. The fraction of sp³-hybridized carbons (Fsp3) is 0.273. The Kier molecular flexibility index (Phi) is 4.20. The van der Waals surface area contributed by atoms with Gasteiger partial charge in [-0.3, -0.25) is 0 Å². The maximum atomic E-state index is 13.1. The van der Waals surface area contributed by atoms with E-state index in [9.17, 15) is 13.2 Å². The molecule has 0 radical (unpaired) electrons. The highest BCUT2D eigenvalue weighted by atomic mass is 79.9. The second-order valence-corrected chi connectivity index (χ2v) is 4.60. The van der Waals surface area contributed by atoms with Gasteiger partial charge in [-0.25, -0.2) is 13.2 Å². The minimum absolute atomic E-state index is 0.108. The minimum Gasteiger partial charge on any atom is -0.387 e. The Bertz CT molecular complexity index is 577. The SMILES string of the molecule is OC(Cc1nc(-c2ccc(F)c(Br)c2)no1)C(F)F. The maximum Gasteiger partial charge on any atom is 0.264 e. The molecular weight excluding hydrogens is 329 g/mol. The number of hydrogen-bond acceptors (Lipinski definition) is 4. The molecular formula is C11H8BrF3N2O2. The van der Waals surface area contributed by atoms with Gasteiger partial charge in [-0.2, -0.15) is 4.98 Å². The summed E-state index contributed by atoms with van der Waals surface area (Å²) in [6, 6.07) is 4.08. The smallest absolute Gasteiger partial charge is 0.264 e. The zero-order valence-electron chi connectivity index (χ0n) is 9.36. The third-order valence-electron chi connectivity index (χ3n) is 2.32. The van der Waals surface area contributed by atoms with Crippen molar-refractivity contribution in [1.82, 2.24) is 10.1 Å². The highest BCUT2D eigenvalue weighted by Gasteiger charge is 2.21. The third-order valence-corrected chi connectivity index (χ3v) is 2.93. The highest BCUT2D eigenvalue weighted by Crippen LogP contribution is 2.23. The van der Waals surface area contributed by atoms with Crippen LogP contribution in [-0.2, 0) is 6.42 Å². The van der Waals surface area contributed by atoms with E-state index in [1.807, 2.05) is 0 Å². The zero-order valence-corrected chi connectivity index (χ0v) is 10.9. The molecule has 1 atom stereocenters. The first-order valence-electron chi connectivity index (χ1n) is 5.21. The van der Waals surface area contributed by atoms with E-state index in [0.29, 0.717) is 5.56 Å². The van der Waals surface area contributed by atoms with Crippen molar-refractivity contribution >= 4 is 15.9 Å². The third kappa shape index (κ3) is 3.32. The molecule has 0 spiro atoms. The molecule has 1 heterocycles. The van der Waals surface area contributed by atoms with Crippen molar-refractivity contribution in [2.24, 2.45) is 0 Å². The molecule has 0 aliphatic carbocycles. The number of aliphatic hydroxyl groups excluding tert-OH is 1. The first-order chi connectivity index (χ1) is 8.97. The summed E-state index contributed by atoms with van der Waals surface area (Å²) in [5, 5.41) is 12.6. The van der Waals surface area contributed by atoms with Crippen LogP contribution in [0.4, 0.5) is 13.2 Å². The fourth-order valence-electron chi connectivity index (χ4n) is 1.36. The largest absolute Gasteiger partial charge is 0.387 e. The quantitative estimate of drug-likeness (QED) is 0.932. The molecule has 1 aromatic carbocycles. The van der Waals surface area contributed by atoms with Crippen LogP contribution in [-0.4, -0.2) is 27.8 Å². The van der Waals surface area contributed by atoms with Crippen LogP contribution >= 0.6 is 15.9 Å². The lowest BCUT2D eigenvalue weighted by Crippen LogP contribution is -2.20. The van der Waals surface area contributed by atoms with E-state index in [4.69, 9.17) is 9.63 Å². The summed E-state index contributed by atoms with van der Waals surface area (Å²) in [6.45, 7) is 0. The lowest BCUT2D eigenvalue weighted by atomic mass is 10.2. The van der Waals surface area contributed by atoms with Gasteiger partial charge in [0.25, 0.3) is 6.43 Å². The van der Waals surface area contributed by atoms with E-state index in [2.05, 4.69) is 26.1 Å². The molecule has 1 N–H and O–H groups in total. The van der Waals surface area contributed by atoms with Crippen LogP contribution in [0.5, 0.6) is 0 Å². The highest BCUT2D eigenvalue weighted by molar-refractivity contribution is 9.10. The molecule has 0 saturated heterocycles. The van der Waals surface area contributed by atoms with Crippen molar-refractivity contribution in [3.05, 3.63) is 34.4 Å². The molecule has 4 nitrogen and oxygen atoms in total. The van der Waals surface area contributed by atoms with Gasteiger partial charge in [0.2, 0.25) is 11.7 Å². The maximum absolute atomic E-state index is 13.1. The van der Waals surface area contributed by atoms with Crippen molar-refractivity contribution in [3.8, 4) is 11.4 Å². The van der Waals surface area contributed by atoms with Crippen molar-refractivity contribution in [2.45, 2.75) is 19.0 Å². The number of aliphatic hydroxyl groups is 1. The van der Waals surface area contributed by atoms with Crippen molar-refractivity contribution in [2.75, 3.05) is 0 Å². The Morgan fingerprint density at radius 1 is 1.37 bits per heavy atom. The second-order valence-electron chi connectivity index (χ2n) is 3.75. The minimum atomic E-state index is -2.88. The van der Waals surface area contributed by atoms with Crippen molar-refractivity contribution < 1.29 is 22.8 Å². The predicted octanol–water partition coefficient (Wildman–Crippen LogP) is 2.81. The van der Waals surface area contributed by atoms with Crippen LogP contribution in [0.2, 0.25) is 0 Å². The number of rotatable bonds is 4. The Balaban J connectivity index is 2.18. The molecule has 0 fully saturated rings. The average molecular weight is 337 g/mol. The van der Waals surface area contributed by atoms with Gasteiger partial charge in [0.15, 0.2) is 0 Å². The van der Waals surface area contributed by atoms with Gasteiger partial charge in [0.05, 0.1) is 10.9 Å². The van der Waals surface area contributed by atoms with Crippen LogP contribution in [0.25, 0.3) is 11.4 Å². The summed E-state index contributed by atoms with van der Waals surface area (Å²) in [4.78, 5) is 3.86. The Morgan fingerprint density at radius 3 is 2.74 bits per heavy atom. The number of hydrogen-bond donors (Lipinski definition) is 1. The molecule has 8 heteroatoms. The summed E-state index contributed by atoms with van der Waals surface area (Å²) >= 11 is 3.01. The summed E-state index contributed by atoms with van der Waals surface area (Å²) in [7, 11) is 0. The molecule has 102 valence electrons. The Morgan fingerprint density at radius 2 is 2.11 bits per heavy atom. The number of benzene rings is 1. The molecule has 19 heavy (non-hydrogen) atoms. The molecule has 2 rings (SSSR count). The van der Waals surface area contributed by atoms with Gasteiger partial charge in [-0.05, 0) is 34.1 Å². The van der Waals surface area contributed by atoms with Crippen LogP contribution < -0.4 is 0 Å². The van der Waals surface area contributed by atoms with Gasteiger partial charge >= 0.3 is 0 Å². The molecule has 1 unspecified atom stereocenters. The number of nitrogens with zero attached hydrogens (tertiary/aromatic N) is 2. The monoisotopic (exact) mass is 336 g/mol. The molecule has 0 aliphatic rings. The molecule has 1 aromatic heterocycles. The lowest BCUT2D eigenvalue weighted by molar-refractivity contribution is -0.00754. The van der Waals surface area contributed by atoms with Crippen LogP contribution in [0.3, 0.4) is 0 Å². The van der Waals surface area contributed by atoms with Gasteiger partial charge in [0, 0.05) is 5.56 Å². The molecule has 2 aromatic rings. The van der Waals surface area contributed by atoms with Crippen LogP contribution in [0, 0.1) is 5.82 Å². The number of aromatic nitrogens is 2. The van der Waals surface area contributed by atoms with E-state index in [0.717, 1.165) is 0 Å². The summed E-state index contributed by atoms with van der Waals surface area (Å²) < 4.78 is 42.3. The molecule has 0 saturated carbocycles. The summed E-state index contributed by atoms with van der Waals surface area (Å²) in [5.74, 6) is -0.416. The number of alkyl halides is 2. The van der Waals surface area contributed by atoms with E-state index in [1.165, 1.54) is 18.2 Å². The summed E-state index contributed by atoms with van der Waals surface area (Å²) in [5.41, 5.74) is 0.467. The Hall–Kier alpha value is -1.41. The second kappa shape index (κ2) is 5.70. The fourth-order valence-corrected chi connectivity index (χ4v) is 1.74. The normalized spacial score (nSPS) is 12.9. The van der Waals surface area contributed by atoms with Crippen LogP contribution in [0.15, 0.2) is 27.2 Å². The molecule has 0 bridgehead atoms. The van der Waals surface area contributed by atoms with Gasteiger partial charge < -0.3 is 9.63 Å². The first-order valence-corrected chi connectivity index (χ1v) is 6.01. The Labute approximate surface area is 114 Å². The van der Waals surface area contributed by atoms with Gasteiger partial charge in [0.1, 0.15) is 11.9 Å². The topological polar surface area (TPSA) is 59.2 Å². The molecule has 0 amide bonds. The van der Waals surface area contributed by atoms with Crippen molar-refractivity contribution in [1.29, 1.82) is 0 Å². The van der Waals surface area contributed by atoms with E-state index in [-0.39, 0.29) is 16.2 Å². The first kappa shape index (κ1) is 14.0. The standard InChI is InChI=1S/C11H8BrF3N2O2/c12-6-3-5(1-2-7(6)13)11-16-9(19-17-11)4-8(18)10(14)15/h1-3,8,10,18H,4H2. The predicted molar refractivity (Wildman–Crippen MR) is 63.1 cm³/mol. The molecule has 0 aliphatic heterocycles. The average Bonchev–Trinajstić information content (AvgIpc) is 2.81. The summed E-state index contributed by atoms with van der Waals surface area (Å²) in [6.07, 6.45) is -5.17. The zero-order chi connectivity index (χ0) is 14.0. The lowest BCUT2D eigenvalue weighted by Gasteiger charge is -2.04. The van der Waals surface area contributed by atoms with Crippen LogP contribution in [0.1, 0.15) is 5.89 Å². The van der Waals surface area contributed by atoms with Gasteiger partial charge in [-0.1, -0.05) is 5.16 Å². The van der Waals surface area contributed by atoms with Gasteiger partial charge in [-0.15, -0.1) is 0 Å².